The molecule has 0 unspecified atom stereocenters. The first kappa shape index (κ1) is 12.3. The van der Waals surface area contributed by atoms with Crippen LogP contribution in [-0.2, 0) is 7.05 Å². The van der Waals surface area contributed by atoms with Crippen LogP contribution in [0.25, 0.3) is 32.7 Å². The first-order valence-electron chi connectivity index (χ1n) is 6.73. The molecule has 0 saturated carbocycles. The standard InChI is InChI=1S/C17H13N3S/c1-20-9-6-14-10-13(2-3-16(14)20)15-11-21-17(19-15)12-4-7-18-8-5-12/h2-11H,1H3. The zero-order valence-electron chi connectivity index (χ0n) is 11.5. The van der Waals surface area contributed by atoms with Gasteiger partial charge in [-0.3, -0.25) is 4.98 Å². The van der Waals surface area contributed by atoms with E-state index in [0.717, 1.165) is 21.8 Å². The van der Waals surface area contributed by atoms with Crippen molar-refractivity contribution < 1.29 is 0 Å². The van der Waals surface area contributed by atoms with Crippen molar-refractivity contribution in [1.82, 2.24) is 14.5 Å². The molecule has 0 saturated heterocycles. The molecule has 102 valence electrons. The summed E-state index contributed by atoms with van der Waals surface area (Å²) < 4.78 is 2.13. The highest BCUT2D eigenvalue weighted by Crippen LogP contribution is 2.30. The van der Waals surface area contributed by atoms with Crippen LogP contribution in [0.4, 0.5) is 0 Å². The van der Waals surface area contributed by atoms with Crippen LogP contribution in [0.1, 0.15) is 0 Å². The summed E-state index contributed by atoms with van der Waals surface area (Å²) >= 11 is 1.66. The van der Waals surface area contributed by atoms with E-state index in [0.29, 0.717) is 0 Å². The highest BCUT2D eigenvalue weighted by molar-refractivity contribution is 7.13. The second-order valence-corrected chi connectivity index (χ2v) is 5.83. The number of aromatic nitrogens is 3. The lowest BCUT2D eigenvalue weighted by Crippen LogP contribution is -1.84. The van der Waals surface area contributed by atoms with Crippen LogP contribution in [0.5, 0.6) is 0 Å². The van der Waals surface area contributed by atoms with E-state index in [1.807, 2.05) is 12.1 Å². The average Bonchev–Trinajstić information content (AvgIpc) is 3.15. The topological polar surface area (TPSA) is 30.7 Å². The summed E-state index contributed by atoms with van der Waals surface area (Å²) in [6.07, 6.45) is 5.68. The van der Waals surface area contributed by atoms with Gasteiger partial charge in [0.2, 0.25) is 0 Å². The second-order valence-electron chi connectivity index (χ2n) is 4.97. The molecular weight excluding hydrogens is 278 g/mol. The molecule has 0 aliphatic heterocycles. The highest BCUT2D eigenvalue weighted by Gasteiger charge is 2.08. The van der Waals surface area contributed by atoms with Crippen LogP contribution in [0, 0.1) is 0 Å². The minimum Gasteiger partial charge on any atom is -0.351 e. The van der Waals surface area contributed by atoms with Crippen molar-refractivity contribution in [2.75, 3.05) is 0 Å². The first-order chi connectivity index (χ1) is 10.3. The molecule has 0 radical (unpaired) electrons. The Labute approximate surface area is 126 Å². The van der Waals surface area contributed by atoms with E-state index in [1.165, 1.54) is 10.9 Å². The number of aryl methyl sites for hydroxylation is 1. The molecule has 0 fully saturated rings. The van der Waals surface area contributed by atoms with E-state index < -0.39 is 0 Å². The molecule has 4 heteroatoms. The molecular formula is C17H13N3S. The predicted molar refractivity (Wildman–Crippen MR) is 87.3 cm³/mol. The number of pyridine rings is 1. The molecule has 1 aromatic carbocycles. The Morgan fingerprint density at radius 1 is 1.00 bits per heavy atom. The minimum atomic E-state index is 1.03. The zero-order valence-corrected chi connectivity index (χ0v) is 12.3. The maximum absolute atomic E-state index is 4.75. The third kappa shape index (κ3) is 2.14. The van der Waals surface area contributed by atoms with E-state index in [-0.39, 0.29) is 0 Å². The van der Waals surface area contributed by atoms with Gasteiger partial charge in [-0.2, -0.15) is 0 Å². The summed E-state index contributed by atoms with van der Waals surface area (Å²) in [7, 11) is 2.06. The van der Waals surface area contributed by atoms with Gasteiger partial charge in [0.1, 0.15) is 5.01 Å². The van der Waals surface area contributed by atoms with Crippen molar-refractivity contribution in [3.05, 3.63) is 60.4 Å². The molecule has 0 bridgehead atoms. The Balaban J connectivity index is 1.77. The lowest BCUT2D eigenvalue weighted by atomic mass is 10.1. The molecule has 0 spiro atoms. The van der Waals surface area contributed by atoms with Crippen molar-refractivity contribution in [2.24, 2.45) is 7.05 Å². The smallest absolute Gasteiger partial charge is 0.124 e. The molecule has 0 amide bonds. The van der Waals surface area contributed by atoms with Gasteiger partial charge in [0.05, 0.1) is 5.69 Å². The Hall–Kier alpha value is -2.46. The molecule has 21 heavy (non-hydrogen) atoms. The molecule has 4 aromatic rings. The van der Waals surface area contributed by atoms with Crippen LogP contribution >= 0.6 is 11.3 Å². The minimum absolute atomic E-state index is 1.03. The Bertz CT molecular complexity index is 906. The van der Waals surface area contributed by atoms with E-state index in [1.54, 1.807) is 23.7 Å². The predicted octanol–water partition coefficient (Wildman–Crippen LogP) is 4.36. The fourth-order valence-electron chi connectivity index (χ4n) is 2.47. The lowest BCUT2D eigenvalue weighted by molar-refractivity contribution is 0.969. The summed E-state index contributed by atoms with van der Waals surface area (Å²) in [6, 6.07) is 12.6. The third-order valence-electron chi connectivity index (χ3n) is 3.61. The van der Waals surface area contributed by atoms with Crippen LogP contribution < -0.4 is 0 Å². The van der Waals surface area contributed by atoms with Crippen molar-refractivity contribution in [3.8, 4) is 21.8 Å². The van der Waals surface area contributed by atoms with Crippen LogP contribution in [0.15, 0.2) is 60.4 Å². The number of hydrogen-bond donors (Lipinski definition) is 0. The van der Waals surface area contributed by atoms with E-state index in [9.17, 15) is 0 Å². The highest BCUT2D eigenvalue weighted by atomic mass is 32.1. The van der Waals surface area contributed by atoms with E-state index >= 15 is 0 Å². The van der Waals surface area contributed by atoms with Crippen molar-refractivity contribution >= 4 is 22.2 Å². The number of fused-ring (bicyclic) bond motifs is 1. The van der Waals surface area contributed by atoms with Gasteiger partial charge < -0.3 is 4.57 Å². The van der Waals surface area contributed by atoms with Gasteiger partial charge in [0.15, 0.2) is 0 Å². The fraction of sp³-hybridized carbons (Fsp3) is 0.0588. The molecule has 0 aliphatic rings. The lowest BCUT2D eigenvalue weighted by Gasteiger charge is -2.00. The fourth-order valence-corrected chi connectivity index (χ4v) is 3.31. The Morgan fingerprint density at radius 2 is 1.86 bits per heavy atom. The summed E-state index contributed by atoms with van der Waals surface area (Å²) in [6.45, 7) is 0. The summed E-state index contributed by atoms with van der Waals surface area (Å²) in [5.41, 5.74) is 4.54. The molecule has 3 heterocycles. The Kier molecular flexibility index (Phi) is 2.82. The molecule has 0 atom stereocenters. The molecule has 4 rings (SSSR count). The van der Waals surface area contributed by atoms with Crippen molar-refractivity contribution in [3.63, 3.8) is 0 Å². The number of thiazole rings is 1. The van der Waals surface area contributed by atoms with Gasteiger partial charge >= 0.3 is 0 Å². The number of benzene rings is 1. The average molecular weight is 291 g/mol. The number of nitrogens with zero attached hydrogens (tertiary/aromatic N) is 3. The van der Waals surface area contributed by atoms with Gasteiger partial charge in [-0.25, -0.2) is 4.98 Å². The van der Waals surface area contributed by atoms with E-state index in [2.05, 4.69) is 52.4 Å². The summed E-state index contributed by atoms with van der Waals surface area (Å²) in [4.78, 5) is 8.80. The number of hydrogen-bond acceptors (Lipinski definition) is 3. The normalized spacial score (nSPS) is 11.1. The number of rotatable bonds is 2. The maximum atomic E-state index is 4.75. The van der Waals surface area contributed by atoms with Crippen molar-refractivity contribution in [1.29, 1.82) is 0 Å². The van der Waals surface area contributed by atoms with Gasteiger partial charge in [-0.15, -0.1) is 11.3 Å². The third-order valence-corrected chi connectivity index (χ3v) is 4.50. The zero-order chi connectivity index (χ0) is 14.2. The van der Waals surface area contributed by atoms with Crippen LogP contribution in [0.2, 0.25) is 0 Å². The monoisotopic (exact) mass is 291 g/mol. The second kappa shape index (κ2) is 4.82. The SMILES string of the molecule is Cn1ccc2cc(-c3csc(-c4ccncc4)n3)ccc21. The largest absolute Gasteiger partial charge is 0.351 e. The van der Waals surface area contributed by atoms with Gasteiger partial charge in [-0.1, -0.05) is 6.07 Å². The molecule has 0 aliphatic carbocycles. The Morgan fingerprint density at radius 3 is 2.71 bits per heavy atom. The van der Waals surface area contributed by atoms with Gasteiger partial charge in [-0.05, 0) is 30.3 Å². The van der Waals surface area contributed by atoms with E-state index in [4.69, 9.17) is 4.98 Å². The van der Waals surface area contributed by atoms with Crippen molar-refractivity contribution in [2.45, 2.75) is 0 Å². The maximum Gasteiger partial charge on any atom is 0.124 e. The molecule has 3 aromatic heterocycles. The first-order valence-corrected chi connectivity index (χ1v) is 7.60. The van der Waals surface area contributed by atoms with Crippen LogP contribution in [-0.4, -0.2) is 14.5 Å². The summed E-state index contributed by atoms with van der Waals surface area (Å²) in [5.74, 6) is 0. The molecule has 3 nitrogen and oxygen atoms in total. The quantitative estimate of drug-likeness (QED) is 0.549. The van der Waals surface area contributed by atoms with Crippen LogP contribution in [0.3, 0.4) is 0 Å². The van der Waals surface area contributed by atoms with Gasteiger partial charge in [0.25, 0.3) is 0 Å². The molecule has 0 N–H and O–H groups in total. The summed E-state index contributed by atoms with van der Waals surface area (Å²) in [5, 5.41) is 4.38. The van der Waals surface area contributed by atoms with Gasteiger partial charge in [0, 0.05) is 53.0 Å².